The SMILES string of the molecule is Cc1ccc(Cl)c(C#N)c1C(=O)O. The number of halogens is 1. The molecule has 0 aliphatic heterocycles. The van der Waals surface area contributed by atoms with Crippen LogP contribution in [0.2, 0.25) is 5.02 Å². The lowest BCUT2D eigenvalue weighted by Crippen LogP contribution is -2.03. The van der Waals surface area contributed by atoms with Gasteiger partial charge in [0.15, 0.2) is 0 Å². The number of rotatable bonds is 1. The van der Waals surface area contributed by atoms with Crippen molar-refractivity contribution in [3.63, 3.8) is 0 Å². The van der Waals surface area contributed by atoms with Crippen molar-refractivity contribution in [2.75, 3.05) is 0 Å². The zero-order chi connectivity index (χ0) is 10.0. The predicted molar refractivity (Wildman–Crippen MR) is 47.9 cm³/mol. The van der Waals surface area contributed by atoms with E-state index in [2.05, 4.69) is 0 Å². The average Bonchev–Trinajstić information content (AvgIpc) is 2.07. The van der Waals surface area contributed by atoms with Gasteiger partial charge in [-0.2, -0.15) is 5.26 Å². The van der Waals surface area contributed by atoms with Crippen LogP contribution in [0.1, 0.15) is 21.5 Å². The van der Waals surface area contributed by atoms with Gasteiger partial charge in [-0.15, -0.1) is 0 Å². The number of nitrogens with zero attached hydrogens (tertiary/aromatic N) is 1. The van der Waals surface area contributed by atoms with Gasteiger partial charge in [0.2, 0.25) is 0 Å². The summed E-state index contributed by atoms with van der Waals surface area (Å²) in [7, 11) is 0. The molecule has 0 aliphatic rings. The van der Waals surface area contributed by atoms with Crippen molar-refractivity contribution in [1.29, 1.82) is 5.26 Å². The van der Waals surface area contributed by atoms with E-state index in [1.165, 1.54) is 6.07 Å². The summed E-state index contributed by atoms with van der Waals surface area (Å²) in [6.07, 6.45) is 0. The quantitative estimate of drug-likeness (QED) is 0.748. The number of hydrogen-bond donors (Lipinski definition) is 1. The van der Waals surface area contributed by atoms with Crippen molar-refractivity contribution in [1.82, 2.24) is 0 Å². The van der Waals surface area contributed by atoms with Gasteiger partial charge in [0.25, 0.3) is 0 Å². The number of carboxylic acid groups (broad SMARTS) is 1. The molecule has 0 fully saturated rings. The van der Waals surface area contributed by atoms with Crippen molar-refractivity contribution < 1.29 is 9.90 Å². The molecule has 4 heteroatoms. The first-order valence-corrected chi connectivity index (χ1v) is 3.88. The van der Waals surface area contributed by atoms with Gasteiger partial charge >= 0.3 is 5.97 Å². The topological polar surface area (TPSA) is 61.1 Å². The first kappa shape index (κ1) is 9.56. The van der Waals surface area contributed by atoms with Crippen LogP contribution in [0, 0.1) is 18.3 Å². The van der Waals surface area contributed by atoms with E-state index in [0.717, 1.165) is 0 Å². The van der Waals surface area contributed by atoms with Crippen molar-refractivity contribution in [2.24, 2.45) is 0 Å². The van der Waals surface area contributed by atoms with E-state index in [-0.39, 0.29) is 16.1 Å². The molecule has 1 aromatic rings. The van der Waals surface area contributed by atoms with Crippen LogP contribution in [-0.4, -0.2) is 11.1 Å². The number of aromatic carboxylic acids is 1. The van der Waals surface area contributed by atoms with Crippen LogP contribution in [-0.2, 0) is 0 Å². The predicted octanol–water partition coefficient (Wildman–Crippen LogP) is 2.22. The third-order valence-electron chi connectivity index (χ3n) is 1.69. The molecule has 0 aliphatic carbocycles. The lowest BCUT2D eigenvalue weighted by atomic mass is 10.0. The fraction of sp³-hybridized carbons (Fsp3) is 0.111. The molecule has 1 N–H and O–H groups in total. The van der Waals surface area contributed by atoms with E-state index in [1.54, 1.807) is 19.1 Å². The number of hydrogen-bond acceptors (Lipinski definition) is 2. The standard InChI is InChI=1S/C9H6ClNO2/c1-5-2-3-7(10)6(4-11)8(5)9(12)13/h2-3H,1H3,(H,12,13). The molecule has 3 nitrogen and oxygen atoms in total. The summed E-state index contributed by atoms with van der Waals surface area (Å²) in [5.41, 5.74) is 0.539. The fourth-order valence-corrected chi connectivity index (χ4v) is 1.27. The summed E-state index contributed by atoms with van der Waals surface area (Å²) < 4.78 is 0. The highest BCUT2D eigenvalue weighted by Gasteiger charge is 2.15. The Morgan fingerprint density at radius 1 is 1.62 bits per heavy atom. The van der Waals surface area contributed by atoms with Crippen LogP contribution >= 0.6 is 11.6 Å². The lowest BCUT2D eigenvalue weighted by Gasteiger charge is -2.03. The summed E-state index contributed by atoms with van der Waals surface area (Å²) in [5.74, 6) is -1.13. The Hall–Kier alpha value is -1.53. The molecule has 1 aromatic carbocycles. The summed E-state index contributed by atoms with van der Waals surface area (Å²) in [4.78, 5) is 10.7. The first-order chi connectivity index (χ1) is 6.07. The minimum atomic E-state index is -1.13. The molecule has 0 amide bonds. The van der Waals surface area contributed by atoms with E-state index in [0.29, 0.717) is 5.56 Å². The number of carboxylic acids is 1. The van der Waals surface area contributed by atoms with Crippen molar-refractivity contribution in [3.8, 4) is 6.07 Å². The molecule has 0 spiro atoms. The van der Waals surface area contributed by atoms with Crippen LogP contribution in [0.25, 0.3) is 0 Å². The second-order valence-electron chi connectivity index (χ2n) is 2.53. The molecule has 0 aromatic heterocycles. The van der Waals surface area contributed by atoms with E-state index in [1.807, 2.05) is 0 Å². The molecule has 0 bridgehead atoms. The molecule has 0 heterocycles. The van der Waals surface area contributed by atoms with Crippen LogP contribution in [0.4, 0.5) is 0 Å². The highest BCUT2D eigenvalue weighted by molar-refractivity contribution is 6.32. The highest BCUT2D eigenvalue weighted by Crippen LogP contribution is 2.22. The van der Waals surface area contributed by atoms with Gasteiger partial charge in [-0.05, 0) is 18.6 Å². The maximum absolute atomic E-state index is 10.7. The van der Waals surface area contributed by atoms with E-state index >= 15 is 0 Å². The highest BCUT2D eigenvalue weighted by atomic mass is 35.5. The Morgan fingerprint density at radius 2 is 2.23 bits per heavy atom. The zero-order valence-corrected chi connectivity index (χ0v) is 7.59. The Labute approximate surface area is 80.2 Å². The molecule has 66 valence electrons. The largest absolute Gasteiger partial charge is 0.478 e. The van der Waals surface area contributed by atoms with Gasteiger partial charge < -0.3 is 5.11 Å². The Balaban J connectivity index is 3.55. The number of aryl methyl sites for hydroxylation is 1. The Morgan fingerprint density at radius 3 is 2.62 bits per heavy atom. The van der Waals surface area contributed by atoms with Gasteiger partial charge in [-0.3, -0.25) is 0 Å². The molecule has 0 saturated heterocycles. The molecule has 1 rings (SSSR count). The first-order valence-electron chi connectivity index (χ1n) is 3.50. The van der Waals surface area contributed by atoms with E-state index in [9.17, 15) is 4.79 Å². The van der Waals surface area contributed by atoms with Crippen molar-refractivity contribution >= 4 is 17.6 Å². The summed E-state index contributed by atoms with van der Waals surface area (Å²) in [6, 6.07) is 4.87. The Bertz CT molecular complexity index is 407. The van der Waals surface area contributed by atoms with Gasteiger partial charge in [0.05, 0.1) is 16.1 Å². The maximum atomic E-state index is 10.7. The molecule has 0 unspecified atom stereocenters. The average molecular weight is 196 g/mol. The van der Waals surface area contributed by atoms with E-state index in [4.69, 9.17) is 22.0 Å². The lowest BCUT2D eigenvalue weighted by molar-refractivity contribution is 0.0696. The summed E-state index contributed by atoms with van der Waals surface area (Å²) >= 11 is 5.66. The van der Waals surface area contributed by atoms with Crippen molar-refractivity contribution in [2.45, 2.75) is 6.92 Å². The third kappa shape index (κ3) is 1.63. The number of nitriles is 1. The monoisotopic (exact) mass is 195 g/mol. The summed E-state index contributed by atoms with van der Waals surface area (Å²) in [5, 5.41) is 17.6. The molecule has 0 atom stereocenters. The maximum Gasteiger partial charge on any atom is 0.337 e. The number of carbonyl (C=O) groups is 1. The normalized spacial score (nSPS) is 9.31. The fourth-order valence-electron chi connectivity index (χ4n) is 1.07. The zero-order valence-electron chi connectivity index (χ0n) is 6.84. The van der Waals surface area contributed by atoms with Crippen molar-refractivity contribution in [3.05, 3.63) is 33.8 Å². The Kier molecular flexibility index (Phi) is 2.54. The van der Waals surface area contributed by atoms with Gasteiger partial charge in [-0.25, -0.2) is 4.79 Å². The molecule has 13 heavy (non-hydrogen) atoms. The van der Waals surface area contributed by atoms with E-state index < -0.39 is 5.97 Å². The van der Waals surface area contributed by atoms with Gasteiger partial charge in [0, 0.05) is 0 Å². The molecular formula is C9H6ClNO2. The molecule has 0 saturated carbocycles. The van der Waals surface area contributed by atoms with Crippen LogP contribution in [0.15, 0.2) is 12.1 Å². The number of benzene rings is 1. The smallest absolute Gasteiger partial charge is 0.337 e. The minimum absolute atomic E-state index is 0.0185. The van der Waals surface area contributed by atoms with Gasteiger partial charge in [-0.1, -0.05) is 17.7 Å². The molecule has 0 radical (unpaired) electrons. The van der Waals surface area contributed by atoms with Crippen LogP contribution in [0.3, 0.4) is 0 Å². The van der Waals surface area contributed by atoms with Crippen LogP contribution in [0.5, 0.6) is 0 Å². The van der Waals surface area contributed by atoms with Gasteiger partial charge in [0.1, 0.15) is 6.07 Å². The van der Waals surface area contributed by atoms with Crippen LogP contribution < -0.4 is 0 Å². The summed E-state index contributed by atoms with van der Waals surface area (Å²) in [6.45, 7) is 1.63. The second kappa shape index (κ2) is 3.46. The molecular weight excluding hydrogens is 190 g/mol. The minimum Gasteiger partial charge on any atom is -0.478 e. The second-order valence-corrected chi connectivity index (χ2v) is 2.94. The third-order valence-corrected chi connectivity index (χ3v) is 2.00.